The van der Waals surface area contributed by atoms with E-state index in [1.54, 1.807) is 6.07 Å². The number of aromatic nitrogens is 1. The Morgan fingerprint density at radius 1 is 1.48 bits per heavy atom. The van der Waals surface area contributed by atoms with Crippen LogP contribution in [0.1, 0.15) is 11.3 Å². The van der Waals surface area contributed by atoms with Crippen molar-refractivity contribution in [3.63, 3.8) is 0 Å². The standard InChI is InChI=1S/C12H6F3N3O3/c13-12(14,15)8-3-7(6-1-2-21-5-6)9(4-16)17-10(8)18-11(19)20/h1-3,5H,(H,17,18)(H,19,20). The van der Waals surface area contributed by atoms with Crippen molar-refractivity contribution in [3.8, 4) is 17.2 Å². The highest BCUT2D eigenvalue weighted by atomic mass is 19.4. The van der Waals surface area contributed by atoms with Gasteiger partial charge in [0.1, 0.15) is 11.9 Å². The van der Waals surface area contributed by atoms with Crippen LogP contribution >= 0.6 is 0 Å². The molecule has 2 aromatic heterocycles. The van der Waals surface area contributed by atoms with Crippen molar-refractivity contribution >= 4 is 11.9 Å². The van der Waals surface area contributed by atoms with Crippen LogP contribution in [0.4, 0.5) is 23.8 Å². The monoisotopic (exact) mass is 297 g/mol. The van der Waals surface area contributed by atoms with Crippen LogP contribution < -0.4 is 5.32 Å². The number of amides is 1. The second-order valence-corrected chi connectivity index (χ2v) is 3.83. The molecule has 0 fully saturated rings. The van der Waals surface area contributed by atoms with Gasteiger partial charge in [0.15, 0.2) is 5.69 Å². The van der Waals surface area contributed by atoms with Gasteiger partial charge in [-0.3, -0.25) is 5.32 Å². The van der Waals surface area contributed by atoms with E-state index in [1.165, 1.54) is 17.6 Å². The lowest BCUT2D eigenvalue weighted by Crippen LogP contribution is -2.17. The summed E-state index contributed by atoms with van der Waals surface area (Å²) in [6.07, 6.45) is -4.17. The number of hydrogen-bond donors (Lipinski definition) is 2. The number of nitrogens with zero attached hydrogens (tertiary/aromatic N) is 2. The van der Waals surface area contributed by atoms with E-state index in [0.717, 1.165) is 6.26 Å². The molecule has 2 aromatic rings. The van der Waals surface area contributed by atoms with Gasteiger partial charge in [-0.2, -0.15) is 18.4 Å². The van der Waals surface area contributed by atoms with Gasteiger partial charge in [0.05, 0.1) is 18.1 Å². The number of furan rings is 1. The third kappa shape index (κ3) is 2.94. The van der Waals surface area contributed by atoms with Gasteiger partial charge in [-0.1, -0.05) is 0 Å². The van der Waals surface area contributed by atoms with Gasteiger partial charge in [-0.25, -0.2) is 9.78 Å². The molecule has 2 N–H and O–H groups in total. The molecule has 2 rings (SSSR count). The van der Waals surface area contributed by atoms with E-state index in [1.807, 2.05) is 0 Å². The molecule has 0 unspecified atom stereocenters. The summed E-state index contributed by atoms with van der Waals surface area (Å²) in [7, 11) is 0. The maximum absolute atomic E-state index is 13.0. The van der Waals surface area contributed by atoms with Crippen molar-refractivity contribution in [2.75, 3.05) is 5.32 Å². The molecule has 2 heterocycles. The summed E-state index contributed by atoms with van der Waals surface area (Å²) in [6.45, 7) is 0. The number of nitriles is 1. The molecule has 21 heavy (non-hydrogen) atoms. The number of hydrogen-bond acceptors (Lipinski definition) is 4. The maximum atomic E-state index is 13.0. The van der Waals surface area contributed by atoms with Gasteiger partial charge in [0.25, 0.3) is 0 Å². The Morgan fingerprint density at radius 3 is 2.67 bits per heavy atom. The molecule has 0 saturated carbocycles. The van der Waals surface area contributed by atoms with E-state index in [0.29, 0.717) is 6.07 Å². The van der Waals surface area contributed by atoms with E-state index in [-0.39, 0.29) is 16.8 Å². The van der Waals surface area contributed by atoms with Gasteiger partial charge >= 0.3 is 12.3 Å². The quantitative estimate of drug-likeness (QED) is 0.885. The molecular formula is C12H6F3N3O3. The molecule has 0 bridgehead atoms. The summed E-state index contributed by atoms with van der Waals surface area (Å²) in [5.74, 6) is -0.946. The van der Waals surface area contributed by atoms with Crippen molar-refractivity contribution in [2.24, 2.45) is 0 Å². The number of anilines is 1. The van der Waals surface area contributed by atoms with Crippen LogP contribution in [0.25, 0.3) is 11.1 Å². The Bertz CT molecular complexity index is 718. The first kappa shape index (κ1) is 14.4. The minimum absolute atomic E-state index is 0.102. The maximum Gasteiger partial charge on any atom is 0.419 e. The van der Waals surface area contributed by atoms with Gasteiger partial charge in [-0.15, -0.1) is 0 Å². The van der Waals surface area contributed by atoms with Crippen LogP contribution in [0.5, 0.6) is 0 Å². The Labute approximate surface area is 115 Å². The Morgan fingerprint density at radius 2 is 2.19 bits per heavy atom. The zero-order valence-corrected chi connectivity index (χ0v) is 10.1. The van der Waals surface area contributed by atoms with Crippen LogP contribution in [-0.2, 0) is 6.18 Å². The highest BCUT2D eigenvalue weighted by Gasteiger charge is 2.36. The first-order chi connectivity index (χ1) is 9.82. The third-order valence-electron chi connectivity index (χ3n) is 2.49. The van der Waals surface area contributed by atoms with E-state index in [4.69, 9.17) is 14.8 Å². The molecule has 6 nitrogen and oxygen atoms in total. The van der Waals surface area contributed by atoms with Crippen LogP contribution in [0.15, 0.2) is 29.1 Å². The number of carbonyl (C=O) groups is 1. The van der Waals surface area contributed by atoms with E-state index < -0.39 is 23.7 Å². The largest absolute Gasteiger partial charge is 0.472 e. The van der Waals surface area contributed by atoms with Crippen molar-refractivity contribution in [1.29, 1.82) is 5.26 Å². The molecule has 108 valence electrons. The predicted octanol–water partition coefficient (Wildman–Crippen LogP) is 3.32. The number of pyridine rings is 1. The van der Waals surface area contributed by atoms with Crippen molar-refractivity contribution in [2.45, 2.75) is 6.18 Å². The van der Waals surface area contributed by atoms with Crippen LogP contribution in [0.2, 0.25) is 0 Å². The minimum atomic E-state index is -4.84. The molecule has 0 aliphatic heterocycles. The summed E-state index contributed by atoms with van der Waals surface area (Å²) >= 11 is 0. The number of carboxylic acid groups (broad SMARTS) is 1. The predicted molar refractivity (Wildman–Crippen MR) is 63.3 cm³/mol. The van der Waals surface area contributed by atoms with Crippen molar-refractivity contribution < 1.29 is 27.5 Å². The molecule has 0 aliphatic carbocycles. The molecule has 0 atom stereocenters. The second-order valence-electron chi connectivity index (χ2n) is 3.83. The lowest BCUT2D eigenvalue weighted by molar-refractivity contribution is -0.137. The number of nitrogens with one attached hydrogen (secondary N) is 1. The average molecular weight is 297 g/mol. The van der Waals surface area contributed by atoms with Crippen molar-refractivity contribution in [1.82, 2.24) is 4.98 Å². The molecule has 0 aliphatic rings. The molecule has 1 amide bonds. The summed E-state index contributed by atoms with van der Waals surface area (Å²) in [5, 5.41) is 19.1. The van der Waals surface area contributed by atoms with Crippen molar-refractivity contribution in [3.05, 3.63) is 35.9 Å². The lowest BCUT2D eigenvalue weighted by Gasteiger charge is -2.13. The molecule has 0 saturated heterocycles. The molecule has 0 radical (unpaired) electrons. The summed E-state index contributed by atoms with van der Waals surface area (Å²) in [6, 6.07) is 3.64. The van der Waals surface area contributed by atoms with Gasteiger partial charge in [0.2, 0.25) is 0 Å². The first-order valence-electron chi connectivity index (χ1n) is 5.37. The first-order valence-corrected chi connectivity index (χ1v) is 5.37. The van der Waals surface area contributed by atoms with E-state index in [2.05, 4.69) is 4.98 Å². The fourth-order valence-electron chi connectivity index (χ4n) is 1.65. The Balaban J connectivity index is 2.70. The fraction of sp³-hybridized carbons (Fsp3) is 0.0833. The van der Waals surface area contributed by atoms with E-state index >= 15 is 0 Å². The molecule has 0 aromatic carbocycles. The van der Waals surface area contributed by atoms with E-state index in [9.17, 15) is 18.0 Å². The highest BCUT2D eigenvalue weighted by Crippen LogP contribution is 2.37. The van der Waals surface area contributed by atoms with Crippen LogP contribution in [0.3, 0.4) is 0 Å². The van der Waals surface area contributed by atoms with Gasteiger partial charge < -0.3 is 9.52 Å². The zero-order chi connectivity index (χ0) is 15.6. The number of halogens is 3. The fourth-order valence-corrected chi connectivity index (χ4v) is 1.65. The second kappa shape index (κ2) is 5.16. The summed E-state index contributed by atoms with van der Waals surface area (Å²) in [5.41, 5.74) is -1.52. The van der Waals surface area contributed by atoms with Gasteiger partial charge in [-0.05, 0) is 12.1 Å². The topological polar surface area (TPSA) is 99.2 Å². The van der Waals surface area contributed by atoms with Crippen LogP contribution in [0, 0.1) is 11.3 Å². The molecular weight excluding hydrogens is 291 g/mol. The normalized spacial score (nSPS) is 11.0. The molecule has 0 spiro atoms. The summed E-state index contributed by atoms with van der Waals surface area (Å²) in [4.78, 5) is 14.0. The van der Waals surface area contributed by atoms with Gasteiger partial charge in [0, 0.05) is 11.1 Å². The smallest absolute Gasteiger partial charge is 0.419 e. The Hall–Kier alpha value is -3.02. The zero-order valence-electron chi connectivity index (χ0n) is 10.1. The summed E-state index contributed by atoms with van der Waals surface area (Å²) < 4.78 is 43.7. The third-order valence-corrected chi connectivity index (χ3v) is 2.49. The average Bonchev–Trinajstić information content (AvgIpc) is 2.89. The molecule has 9 heteroatoms. The lowest BCUT2D eigenvalue weighted by atomic mass is 10.0. The minimum Gasteiger partial charge on any atom is -0.472 e. The Kier molecular flexibility index (Phi) is 3.54. The number of alkyl halides is 3. The van der Waals surface area contributed by atoms with Crippen LogP contribution in [-0.4, -0.2) is 16.2 Å². The number of rotatable bonds is 2. The SMILES string of the molecule is N#Cc1nc(NC(=O)O)c(C(F)(F)F)cc1-c1ccoc1. The highest BCUT2D eigenvalue weighted by molar-refractivity contribution is 5.84.